The van der Waals surface area contributed by atoms with Crippen molar-refractivity contribution in [3.05, 3.63) is 11.4 Å². The van der Waals surface area contributed by atoms with Gasteiger partial charge in [-0.1, -0.05) is 13.3 Å². The average molecular weight is 297 g/mol. The van der Waals surface area contributed by atoms with Crippen LogP contribution in [0.1, 0.15) is 31.2 Å². The molecule has 0 radical (unpaired) electrons. The van der Waals surface area contributed by atoms with Crippen molar-refractivity contribution in [3.63, 3.8) is 0 Å². The highest BCUT2D eigenvalue weighted by Crippen LogP contribution is 2.15. The van der Waals surface area contributed by atoms with E-state index in [2.05, 4.69) is 12.0 Å². The van der Waals surface area contributed by atoms with Crippen LogP contribution in [-0.2, 0) is 11.3 Å². The number of anilines is 1. The number of aliphatic hydroxyl groups is 1. The molecule has 7 heteroatoms. The number of aromatic nitrogens is 2. The van der Waals surface area contributed by atoms with Gasteiger partial charge in [-0.2, -0.15) is 5.10 Å². The van der Waals surface area contributed by atoms with Crippen molar-refractivity contribution in [3.8, 4) is 0 Å². The van der Waals surface area contributed by atoms with Gasteiger partial charge in [0.05, 0.1) is 36.3 Å². The number of rotatable bonds is 9. The summed E-state index contributed by atoms with van der Waals surface area (Å²) in [5.74, 6) is -0.381. The van der Waals surface area contributed by atoms with Crippen molar-refractivity contribution in [2.45, 2.75) is 46.3 Å². The minimum atomic E-state index is -0.626. The zero-order valence-corrected chi connectivity index (χ0v) is 13.2. The second kappa shape index (κ2) is 7.99. The number of aliphatic hydroxyl groups excluding tert-OH is 1. The number of hydrogen-bond donors (Lipinski definition) is 3. The van der Waals surface area contributed by atoms with Crippen molar-refractivity contribution in [2.75, 3.05) is 25.4 Å². The lowest BCUT2D eigenvalue weighted by molar-refractivity contribution is -0.119. The molecular formula is C14H27N5O2. The van der Waals surface area contributed by atoms with Crippen LogP contribution in [0, 0.1) is 13.8 Å². The molecule has 0 saturated heterocycles. The molecule has 0 spiro atoms. The first kappa shape index (κ1) is 17.5. The zero-order chi connectivity index (χ0) is 16.0. The van der Waals surface area contributed by atoms with Crippen LogP contribution in [0.15, 0.2) is 0 Å². The SMILES string of the molecule is CCCCN(CC(N)=O)CC(O)Cn1nc(C)c(N)c1C. The first-order valence-corrected chi connectivity index (χ1v) is 7.33. The molecule has 0 aliphatic heterocycles. The van der Waals surface area contributed by atoms with E-state index in [4.69, 9.17) is 11.5 Å². The summed E-state index contributed by atoms with van der Waals surface area (Å²) >= 11 is 0. The van der Waals surface area contributed by atoms with Gasteiger partial charge in [-0.3, -0.25) is 14.4 Å². The number of unbranched alkanes of at least 4 members (excludes halogenated alkanes) is 1. The van der Waals surface area contributed by atoms with E-state index in [1.807, 2.05) is 18.7 Å². The van der Waals surface area contributed by atoms with Crippen molar-refractivity contribution >= 4 is 11.6 Å². The fourth-order valence-electron chi connectivity index (χ4n) is 2.28. The highest BCUT2D eigenvalue weighted by molar-refractivity contribution is 5.75. The molecule has 1 heterocycles. The van der Waals surface area contributed by atoms with Crippen LogP contribution in [0.4, 0.5) is 5.69 Å². The monoisotopic (exact) mass is 297 g/mol. The van der Waals surface area contributed by atoms with Crippen LogP contribution in [0.2, 0.25) is 0 Å². The third kappa shape index (κ3) is 5.35. The molecule has 1 amide bonds. The highest BCUT2D eigenvalue weighted by Gasteiger charge is 2.16. The molecule has 0 saturated carbocycles. The van der Waals surface area contributed by atoms with E-state index in [1.54, 1.807) is 4.68 Å². The predicted octanol–water partition coefficient (Wildman–Crippen LogP) is 0.0304. The number of carbonyl (C=O) groups excluding carboxylic acids is 1. The Hall–Kier alpha value is -1.60. The topological polar surface area (TPSA) is 110 Å². The Morgan fingerprint density at radius 3 is 2.62 bits per heavy atom. The van der Waals surface area contributed by atoms with Crippen molar-refractivity contribution < 1.29 is 9.90 Å². The molecule has 1 aromatic heterocycles. The van der Waals surface area contributed by atoms with Crippen molar-refractivity contribution in [1.29, 1.82) is 0 Å². The molecule has 21 heavy (non-hydrogen) atoms. The Balaban J connectivity index is 2.61. The van der Waals surface area contributed by atoms with Crippen molar-refractivity contribution in [1.82, 2.24) is 14.7 Å². The van der Waals surface area contributed by atoms with E-state index in [-0.39, 0.29) is 12.5 Å². The van der Waals surface area contributed by atoms with Gasteiger partial charge in [-0.15, -0.1) is 0 Å². The number of carbonyl (C=O) groups is 1. The van der Waals surface area contributed by atoms with Crippen LogP contribution >= 0.6 is 0 Å². The van der Waals surface area contributed by atoms with Crippen LogP contribution < -0.4 is 11.5 Å². The number of hydrogen-bond acceptors (Lipinski definition) is 5. The summed E-state index contributed by atoms with van der Waals surface area (Å²) in [6, 6.07) is 0. The van der Waals surface area contributed by atoms with Crippen LogP contribution in [0.25, 0.3) is 0 Å². The molecule has 0 aliphatic rings. The maximum atomic E-state index is 11.1. The van der Waals surface area contributed by atoms with Gasteiger partial charge in [0, 0.05) is 6.54 Å². The molecule has 7 nitrogen and oxygen atoms in total. The zero-order valence-electron chi connectivity index (χ0n) is 13.2. The third-order valence-electron chi connectivity index (χ3n) is 3.50. The fourth-order valence-corrected chi connectivity index (χ4v) is 2.28. The number of primary amides is 1. The summed E-state index contributed by atoms with van der Waals surface area (Å²) in [6.07, 6.45) is 1.37. The number of aryl methyl sites for hydroxylation is 1. The molecule has 0 aromatic carbocycles. The minimum absolute atomic E-state index is 0.163. The Kier molecular flexibility index (Phi) is 6.64. The number of nitrogens with two attached hydrogens (primary N) is 2. The Labute approximate surface area is 125 Å². The molecule has 1 unspecified atom stereocenters. The summed E-state index contributed by atoms with van der Waals surface area (Å²) in [4.78, 5) is 13.0. The first-order chi connectivity index (χ1) is 9.85. The number of nitrogens with zero attached hydrogens (tertiary/aromatic N) is 3. The lowest BCUT2D eigenvalue weighted by atomic mass is 10.2. The van der Waals surface area contributed by atoms with Gasteiger partial charge in [0.25, 0.3) is 0 Å². The quantitative estimate of drug-likeness (QED) is 0.595. The molecule has 1 atom stereocenters. The van der Waals surface area contributed by atoms with Crippen LogP contribution in [-0.4, -0.2) is 51.4 Å². The molecular weight excluding hydrogens is 270 g/mol. The second-order valence-corrected chi connectivity index (χ2v) is 5.48. The summed E-state index contributed by atoms with van der Waals surface area (Å²) in [7, 11) is 0. The van der Waals surface area contributed by atoms with E-state index < -0.39 is 6.10 Å². The lowest BCUT2D eigenvalue weighted by Crippen LogP contribution is -2.40. The summed E-state index contributed by atoms with van der Waals surface area (Å²) in [5, 5.41) is 14.5. The van der Waals surface area contributed by atoms with E-state index in [1.165, 1.54) is 0 Å². The van der Waals surface area contributed by atoms with Gasteiger partial charge in [0.1, 0.15) is 0 Å². The van der Waals surface area contributed by atoms with E-state index in [0.717, 1.165) is 30.8 Å². The number of nitrogen functional groups attached to an aromatic ring is 1. The molecule has 0 fully saturated rings. The van der Waals surface area contributed by atoms with Crippen LogP contribution in [0.5, 0.6) is 0 Å². The van der Waals surface area contributed by atoms with Crippen molar-refractivity contribution in [2.24, 2.45) is 5.73 Å². The van der Waals surface area contributed by atoms with E-state index >= 15 is 0 Å². The second-order valence-electron chi connectivity index (χ2n) is 5.48. The maximum Gasteiger partial charge on any atom is 0.231 e. The van der Waals surface area contributed by atoms with Gasteiger partial charge >= 0.3 is 0 Å². The lowest BCUT2D eigenvalue weighted by Gasteiger charge is -2.23. The highest BCUT2D eigenvalue weighted by atomic mass is 16.3. The van der Waals surface area contributed by atoms with Crippen LogP contribution in [0.3, 0.4) is 0 Å². The number of amides is 1. The molecule has 0 aliphatic carbocycles. The molecule has 120 valence electrons. The normalized spacial score (nSPS) is 12.8. The summed E-state index contributed by atoms with van der Waals surface area (Å²) in [6.45, 7) is 7.45. The van der Waals surface area contributed by atoms with Gasteiger partial charge < -0.3 is 16.6 Å². The Bertz CT molecular complexity index is 472. The Morgan fingerprint density at radius 1 is 1.48 bits per heavy atom. The molecule has 1 aromatic rings. The molecule has 0 bridgehead atoms. The standard InChI is InChI=1S/C14H27N5O2/c1-4-5-6-18(9-13(15)21)7-12(20)8-19-11(3)14(16)10(2)17-19/h12,20H,4-9,16H2,1-3H3,(H2,15,21). The predicted molar refractivity (Wildman–Crippen MR) is 82.7 cm³/mol. The first-order valence-electron chi connectivity index (χ1n) is 7.33. The van der Waals surface area contributed by atoms with Gasteiger partial charge in [0.15, 0.2) is 0 Å². The fraction of sp³-hybridized carbons (Fsp3) is 0.714. The van der Waals surface area contributed by atoms with E-state index in [0.29, 0.717) is 18.8 Å². The molecule has 1 rings (SSSR count). The van der Waals surface area contributed by atoms with E-state index in [9.17, 15) is 9.90 Å². The average Bonchev–Trinajstić information content (AvgIpc) is 2.63. The maximum absolute atomic E-state index is 11.1. The molecule has 5 N–H and O–H groups in total. The van der Waals surface area contributed by atoms with Gasteiger partial charge in [-0.05, 0) is 26.8 Å². The van der Waals surface area contributed by atoms with Gasteiger partial charge in [-0.25, -0.2) is 0 Å². The largest absolute Gasteiger partial charge is 0.396 e. The van der Waals surface area contributed by atoms with Gasteiger partial charge in [0.2, 0.25) is 5.91 Å². The smallest absolute Gasteiger partial charge is 0.231 e. The third-order valence-corrected chi connectivity index (χ3v) is 3.50. The minimum Gasteiger partial charge on any atom is -0.396 e. The summed E-state index contributed by atoms with van der Waals surface area (Å²) in [5.41, 5.74) is 13.4. The summed E-state index contributed by atoms with van der Waals surface area (Å²) < 4.78 is 1.71. The Morgan fingerprint density at radius 2 is 2.14 bits per heavy atom.